The van der Waals surface area contributed by atoms with E-state index in [1.165, 1.54) is 57.8 Å². The van der Waals surface area contributed by atoms with E-state index in [1.54, 1.807) is 0 Å². The standard InChI is InChI=1S/C30H54O/c1-19(2)24(20(3)4)10-8-21(5)26-12-13-27-25-11-9-22-18-23(31)14-16-29(22,6)28(25)15-17-30(26,27)7/h19-28,31H,8-18H2,1-7H3/t21-,22?,23+,25+,26-,27+,28+,29+,30-/m1/s1. The first-order valence-electron chi connectivity index (χ1n) is 14.3. The zero-order chi connectivity index (χ0) is 22.6. The summed E-state index contributed by atoms with van der Waals surface area (Å²) in [6, 6.07) is 0. The summed E-state index contributed by atoms with van der Waals surface area (Å²) < 4.78 is 0. The van der Waals surface area contributed by atoms with Gasteiger partial charge in [0, 0.05) is 0 Å². The van der Waals surface area contributed by atoms with Crippen LogP contribution in [0.5, 0.6) is 0 Å². The smallest absolute Gasteiger partial charge is 0.0543 e. The van der Waals surface area contributed by atoms with Crippen LogP contribution in [0.3, 0.4) is 0 Å². The van der Waals surface area contributed by atoms with Crippen LogP contribution in [0.1, 0.15) is 119 Å². The van der Waals surface area contributed by atoms with E-state index >= 15 is 0 Å². The summed E-state index contributed by atoms with van der Waals surface area (Å²) in [5, 5.41) is 10.3. The average molecular weight is 431 g/mol. The molecule has 31 heavy (non-hydrogen) atoms. The minimum atomic E-state index is -0.0132. The second-order valence-electron chi connectivity index (χ2n) is 14.0. The molecule has 4 aliphatic carbocycles. The van der Waals surface area contributed by atoms with E-state index in [1.807, 2.05) is 0 Å². The number of aliphatic hydroxyl groups excluding tert-OH is 1. The van der Waals surface area contributed by atoms with Gasteiger partial charge in [-0.25, -0.2) is 0 Å². The second-order valence-corrected chi connectivity index (χ2v) is 14.0. The topological polar surface area (TPSA) is 20.2 Å². The van der Waals surface area contributed by atoms with Crippen LogP contribution in [-0.4, -0.2) is 11.2 Å². The molecule has 0 bridgehead atoms. The minimum Gasteiger partial charge on any atom is -0.393 e. The van der Waals surface area contributed by atoms with E-state index in [9.17, 15) is 5.11 Å². The Morgan fingerprint density at radius 3 is 2.06 bits per heavy atom. The van der Waals surface area contributed by atoms with Crippen molar-refractivity contribution in [2.45, 2.75) is 125 Å². The van der Waals surface area contributed by atoms with Crippen LogP contribution in [0, 0.1) is 64.1 Å². The molecule has 0 amide bonds. The Kier molecular flexibility index (Phi) is 6.96. The highest BCUT2D eigenvalue weighted by Gasteiger charge is 2.60. The van der Waals surface area contributed by atoms with Crippen molar-refractivity contribution in [3.63, 3.8) is 0 Å². The van der Waals surface area contributed by atoms with Gasteiger partial charge >= 0.3 is 0 Å². The molecule has 0 saturated heterocycles. The highest BCUT2D eigenvalue weighted by molar-refractivity contribution is 5.09. The van der Waals surface area contributed by atoms with Crippen LogP contribution in [0.4, 0.5) is 0 Å². The average Bonchev–Trinajstić information content (AvgIpc) is 3.05. The summed E-state index contributed by atoms with van der Waals surface area (Å²) in [4.78, 5) is 0. The summed E-state index contributed by atoms with van der Waals surface area (Å²) >= 11 is 0. The molecule has 0 heterocycles. The maximum absolute atomic E-state index is 10.3. The number of fused-ring (bicyclic) bond motifs is 5. The Labute approximate surface area is 194 Å². The van der Waals surface area contributed by atoms with Crippen molar-refractivity contribution >= 4 is 0 Å². The number of aliphatic hydroxyl groups is 1. The highest BCUT2D eigenvalue weighted by atomic mass is 16.3. The monoisotopic (exact) mass is 430 g/mol. The number of hydrogen-bond donors (Lipinski definition) is 1. The number of hydrogen-bond acceptors (Lipinski definition) is 1. The predicted molar refractivity (Wildman–Crippen MR) is 133 cm³/mol. The van der Waals surface area contributed by atoms with Crippen molar-refractivity contribution in [1.29, 1.82) is 0 Å². The molecule has 0 aliphatic heterocycles. The van der Waals surface area contributed by atoms with Crippen LogP contribution in [0.25, 0.3) is 0 Å². The molecule has 9 atom stereocenters. The lowest BCUT2D eigenvalue weighted by Gasteiger charge is -2.61. The quantitative estimate of drug-likeness (QED) is 0.449. The normalized spacial score (nSPS) is 46.2. The first kappa shape index (κ1) is 24.1. The van der Waals surface area contributed by atoms with Gasteiger partial charge in [0.1, 0.15) is 0 Å². The zero-order valence-corrected chi connectivity index (χ0v) is 22.0. The largest absolute Gasteiger partial charge is 0.393 e. The lowest BCUT2D eigenvalue weighted by atomic mass is 9.44. The summed E-state index contributed by atoms with van der Waals surface area (Å²) in [6.07, 6.45) is 15.1. The van der Waals surface area contributed by atoms with Crippen LogP contribution >= 0.6 is 0 Å². The lowest BCUT2D eigenvalue weighted by molar-refractivity contribution is -0.129. The van der Waals surface area contributed by atoms with Gasteiger partial charge in [-0.2, -0.15) is 0 Å². The summed E-state index contributed by atoms with van der Waals surface area (Å²) in [5.41, 5.74) is 1.12. The molecule has 1 unspecified atom stereocenters. The Morgan fingerprint density at radius 1 is 0.742 bits per heavy atom. The van der Waals surface area contributed by atoms with Crippen molar-refractivity contribution in [2.75, 3.05) is 0 Å². The van der Waals surface area contributed by atoms with Crippen molar-refractivity contribution in [3.05, 3.63) is 0 Å². The molecule has 0 aromatic rings. The zero-order valence-electron chi connectivity index (χ0n) is 22.0. The first-order valence-corrected chi connectivity index (χ1v) is 14.3. The summed E-state index contributed by atoms with van der Waals surface area (Å²) in [7, 11) is 0. The van der Waals surface area contributed by atoms with E-state index in [0.717, 1.165) is 66.1 Å². The third-order valence-electron chi connectivity index (χ3n) is 12.1. The van der Waals surface area contributed by atoms with Gasteiger partial charge in [0.2, 0.25) is 0 Å². The van der Waals surface area contributed by atoms with E-state index in [0.29, 0.717) is 10.8 Å². The van der Waals surface area contributed by atoms with Crippen LogP contribution in [0.2, 0.25) is 0 Å². The molecule has 180 valence electrons. The molecule has 1 heteroatoms. The van der Waals surface area contributed by atoms with Gasteiger partial charge in [-0.05, 0) is 128 Å². The predicted octanol–water partition coefficient (Wildman–Crippen LogP) is 8.35. The van der Waals surface area contributed by atoms with Crippen LogP contribution < -0.4 is 0 Å². The van der Waals surface area contributed by atoms with E-state index in [2.05, 4.69) is 48.5 Å². The number of rotatable bonds is 6. The van der Waals surface area contributed by atoms with E-state index < -0.39 is 0 Å². The fourth-order valence-corrected chi connectivity index (χ4v) is 10.3. The lowest BCUT2D eigenvalue weighted by Crippen LogP contribution is -2.54. The van der Waals surface area contributed by atoms with Gasteiger partial charge in [-0.1, -0.05) is 54.9 Å². The molecule has 4 aliphatic rings. The van der Waals surface area contributed by atoms with Crippen LogP contribution in [0.15, 0.2) is 0 Å². The molecule has 1 N–H and O–H groups in total. The molecular weight excluding hydrogens is 376 g/mol. The fraction of sp³-hybridized carbons (Fsp3) is 1.00. The van der Waals surface area contributed by atoms with Gasteiger partial charge in [-0.15, -0.1) is 0 Å². The van der Waals surface area contributed by atoms with Gasteiger partial charge < -0.3 is 5.11 Å². The minimum absolute atomic E-state index is 0.0132. The maximum atomic E-state index is 10.3. The highest BCUT2D eigenvalue weighted by Crippen LogP contribution is 2.68. The van der Waals surface area contributed by atoms with Gasteiger partial charge in [-0.3, -0.25) is 0 Å². The third kappa shape index (κ3) is 4.17. The maximum Gasteiger partial charge on any atom is 0.0543 e. The van der Waals surface area contributed by atoms with E-state index in [-0.39, 0.29) is 6.10 Å². The molecule has 1 nitrogen and oxygen atoms in total. The molecule has 0 aromatic heterocycles. The molecule has 0 spiro atoms. The Morgan fingerprint density at radius 2 is 1.39 bits per heavy atom. The van der Waals surface area contributed by atoms with E-state index in [4.69, 9.17) is 0 Å². The SMILES string of the molecule is CC(C)C(CC[C@@H](C)[C@H]1CC[C@H]2[C@@H]3CCC4C[C@@H](O)CC[C@]4(C)[C@H]3CC[C@]12C)C(C)C. The van der Waals surface area contributed by atoms with Gasteiger partial charge in [0.05, 0.1) is 6.10 Å². The fourth-order valence-electron chi connectivity index (χ4n) is 10.3. The molecule has 4 rings (SSSR count). The molecule has 0 radical (unpaired) electrons. The Balaban J connectivity index is 1.44. The van der Waals surface area contributed by atoms with Gasteiger partial charge in [0.15, 0.2) is 0 Å². The Hall–Kier alpha value is -0.0400. The first-order chi connectivity index (χ1) is 14.6. The van der Waals surface area contributed by atoms with Crippen molar-refractivity contribution in [2.24, 2.45) is 64.1 Å². The van der Waals surface area contributed by atoms with Crippen molar-refractivity contribution in [1.82, 2.24) is 0 Å². The second kappa shape index (κ2) is 8.96. The molecule has 4 fully saturated rings. The Bertz CT molecular complexity index is 602. The summed E-state index contributed by atoms with van der Waals surface area (Å²) in [5.74, 6) is 8.07. The molecular formula is C30H54O. The third-order valence-corrected chi connectivity index (χ3v) is 12.1. The molecule has 4 saturated carbocycles. The van der Waals surface area contributed by atoms with Crippen molar-refractivity contribution in [3.8, 4) is 0 Å². The summed E-state index contributed by atoms with van der Waals surface area (Å²) in [6.45, 7) is 17.7. The van der Waals surface area contributed by atoms with Crippen molar-refractivity contribution < 1.29 is 5.11 Å². The van der Waals surface area contributed by atoms with Crippen LogP contribution in [-0.2, 0) is 0 Å². The van der Waals surface area contributed by atoms with Gasteiger partial charge in [0.25, 0.3) is 0 Å². The molecule has 0 aromatic carbocycles.